The van der Waals surface area contributed by atoms with Crippen LogP contribution in [0.25, 0.3) is 0 Å². The molecule has 0 aliphatic heterocycles. The van der Waals surface area contributed by atoms with Crippen LogP contribution < -0.4 is 14.8 Å². The molecular weight excluding hydrogens is 262 g/mol. The van der Waals surface area contributed by atoms with Gasteiger partial charge in [-0.25, -0.2) is 0 Å². The molecule has 3 nitrogen and oxygen atoms in total. The molecule has 0 amide bonds. The van der Waals surface area contributed by atoms with E-state index >= 15 is 0 Å². The van der Waals surface area contributed by atoms with E-state index < -0.39 is 0 Å². The second-order valence-electron chi connectivity index (χ2n) is 5.06. The fraction of sp³-hybridized carbons (Fsp3) is 0.333. The Kier molecular flexibility index (Phi) is 5.50. The van der Waals surface area contributed by atoms with Crippen molar-refractivity contribution in [3.63, 3.8) is 0 Å². The van der Waals surface area contributed by atoms with Crippen molar-refractivity contribution >= 4 is 5.69 Å². The number of hydrogen-bond donors (Lipinski definition) is 1. The minimum atomic E-state index is 0.258. The Bertz CT molecular complexity index is 534. The van der Waals surface area contributed by atoms with Gasteiger partial charge in [0.15, 0.2) is 0 Å². The molecular formula is C18H23NO2. The SMILES string of the molecule is CCC(C)Oc1ccc(CNc2ccc(OC)cc2)cc1. The molecule has 0 aliphatic carbocycles. The first-order chi connectivity index (χ1) is 10.2. The largest absolute Gasteiger partial charge is 0.497 e. The van der Waals surface area contributed by atoms with Crippen molar-refractivity contribution in [3.05, 3.63) is 54.1 Å². The van der Waals surface area contributed by atoms with Gasteiger partial charge in [0.25, 0.3) is 0 Å². The van der Waals surface area contributed by atoms with Crippen LogP contribution >= 0.6 is 0 Å². The molecule has 0 bridgehead atoms. The fourth-order valence-corrected chi connectivity index (χ4v) is 1.91. The lowest BCUT2D eigenvalue weighted by molar-refractivity contribution is 0.217. The average molecular weight is 285 g/mol. The van der Waals surface area contributed by atoms with Gasteiger partial charge in [-0.05, 0) is 55.3 Å². The number of hydrogen-bond acceptors (Lipinski definition) is 3. The summed E-state index contributed by atoms with van der Waals surface area (Å²) in [6.07, 6.45) is 1.27. The van der Waals surface area contributed by atoms with Gasteiger partial charge in [-0.15, -0.1) is 0 Å². The lowest BCUT2D eigenvalue weighted by Crippen LogP contribution is -2.09. The molecule has 1 atom stereocenters. The highest BCUT2D eigenvalue weighted by atomic mass is 16.5. The maximum Gasteiger partial charge on any atom is 0.119 e. The number of ether oxygens (including phenoxy) is 2. The molecule has 0 spiro atoms. The van der Waals surface area contributed by atoms with Crippen LogP contribution in [-0.4, -0.2) is 13.2 Å². The van der Waals surface area contributed by atoms with Crippen molar-refractivity contribution in [2.24, 2.45) is 0 Å². The number of nitrogens with one attached hydrogen (secondary N) is 1. The smallest absolute Gasteiger partial charge is 0.119 e. The van der Waals surface area contributed by atoms with Crippen molar-refractivity contribution in [2.75, 3.05) is 12.4 Å². The summed E-state index contributed by atoms with van der Waals surface area (Å²) in [6, 6.07) is 16.2. The van der Waals surface area contributed by atoms with Gasteiger partial charge in [-0.2, -0.15) is 0 Å². The van der Waals surface area contributed by atoms with Crippen LogP contribution in [-0.2, 0) is 6.54 Å². The van der Waals surface area contributed by atoms with Crippen molar-refractivity contribution in [3.8, 4) is 11.5 Å². The molecule has 1 unspecified atom stereocenters. The lowest BCUT2D eigenvalue weighted by atomic mass is 10.2. The predicted molar refractivity (Wildman–Crippen MR) is 87.1 cm³/mol. The topological polar surface area (TPSA) is 30.5 Å². The summed E-state index contributed by atoms with van der Waals surface area (Å²) in [5.41, 5.74) is 2.30. The van der Waals surface area contributed by atoms with E-state index in [-0.39, 0.29) is 6.10 Å². The molecule has 0 saturated heterocycles. The van der Waals surface area contributed by atoms with Crippen molar-refractivity contribution in [1.29, 1.82) is 0 Å². The molecule has 2 rings (SSSR count). The number of rotatable bonds is 7. The van der Waals surface area contributed by atoms with Gasteiger partial charge in [0, 0.05) is 12.2 Å². The van der Waals surface area contributed by atoms with E-state index in [4.69, 9.17) is 9.47 Å². The molecule has 0 radical (unpaired) electrons. The molecule has 0 aromatic heterocycles. The summed E-state index contributed by atoms with van der Waals surface area (Å²) in [5, 5.41) is 3.39. The zero-order valence-corrected chi connectivity index (χ0v) is 12.9. The molecule has 0 fully saturated rings. The van der Waals surface area contributed by atoms with Gasteiger partial charge in [0.05, 0.1) is 13.2 Å². The number of anilines is 1. The predicted octanol–water partition coefficient (Wildman–Crippen LogP) is 4.48. The van der Waals surface area contributed by atoms with E-state index in [0.717, 1.165) is 30.2 Å². The standard InChI is InChI=1S/C18H23NO2/c1-4-14(2)21-18-9-5-15(6-10-18)13-19-16-7-11-17(20-3)12-8-16/h5-12,14,19H,4,13H2,1-3H3. The average Bonchev–Trinajstić information content (AvgIpc) is 2.54. The molecule has 0 heterocycles. The highest BCUT2D eigenvalue weighted by molar-refractivity contribution is 5.46. The quantitative estimate of drug-likeness (QED) is 0.813. The molecule has 1 N–H and O–H groups in total. The summed E-state index contributed by atoms with van der Waals surface area (Å²) in [4.78, 5) is 0. The van der Waals surface area contributed by atoms with Crippen LogP contribution in [0.4, 0.5) is 5.69 Å². The summed E-state index contributed by atoms with van der Waals surface area (Å²) < 4.78 is 10.9. The molecule has 112 valence electrons. The Hall–Kier alpha value is -2.16. The Labute approximate surface area is 126 Å². The molecule has 2 aromatic rings. The van der Waals surface area contributed by atoms with E-state index in [2.05, 4.69) is 31.3 Å². The third-order valence-corrected chi connectivity index (χ3v) is 3.42. The first-order valence-corrected chi connectivity index (χ1v) is 7.34. The van der Waals surface area contributed by atoms with Crippen LogP contribution in [0.5, 0.6) is 11.5 Å². The maximum atomic E-state index is 5.77. The lowest BCUT2D eigenvalue weighted by Gasteiger charge is -2.13. The van der Waals surface area contributed by atoms with E-state index in [0.29, 0.717) is 0 Å². The first-order valence-electron chi connectivity index (χ1n) is 7.34. The molecule has 0 aliphatic rings. The maximum absolute atomic E-state index is 5.77. The highest BCUT2D eigenvalue weighted by Gasteiger charge is 2.01. The minimum Gasteiger partial charge on any atom is -0.497 e. The Morgan fingerprint density at radius 3 is 2.14 bits per heavy atom. The molecule has 21 heavy (non-hydrogen) atoms. The monoisotopic (exact) mass is 285 g/mol. The van der Waals surface area contributed by atoms with Crippen LogP contribution in [0, 0.1) is 0 Å². The fourth-order valence-electron chi connectivity index (χ4n) is 1.91. The molecule has 2 aromatic carbocycles. The Balaban J connectivity index is 1.88. The van der Waals surface area contributed by atoms with Crippen LogP contribution in [0.15, 0.2) is 48.5 Å². The second-order valence-corrected chi connectivity index (χ2v) is 5.06. The minimum absolute atomic E-state index is 0.258. The van der Waals surface area contributed by atoms with Crippen LogP contribution in [0.3, 0.4) is 0 Å². The van der Waals surface area contributed by atoms with Gasteiger partial charge in [0.2, 0.25) is 0 Å². The first kappa shape index (κ1) is 15.2. The van der Waals surface area contributed by atoms with Crippen molar-refractivity contribution in [2.45, 2.75) is 32.9 Å². The van der Waals surface area contributed by atoms with Crippen LogP contribution in [0.1, 0.15) is 25.8 Å². The van der Waals surface area contributed by atoms with Gasteiger partial charge in [0.1, 0.15) is 11.5 Å². The van der Waals surface area contributed by atoms with Crippen LogP contribution in [0.2, 0.25) is 0 Å². The van der Waals surface area contributed by atoms with E-state index in [9.17, 15) is 0 Å². The van der Waals surface area contributed by atoms with Gasteiger partial charge in [-0.3, -0.25) is 0 Å². The summed E-state index contributed by atoms with van der Waals surface area (Å²) in [5.74, 6) is 1.80. The third kappa shape index (κ3) is 4.71. The number of benzene rings is 2. The second kappa shape index (κ2) is 7.58. The van der Waals surface area contributed by atoms with E-state index in [1.165, 1.54) is 5.56 Å². The summed E-state index contributed by atoms with van der Waals surface area (Å²) in [7, 11) is 1.67. The van der Waals surface area contributed by atoms with Gasteiger partial charge < -0.3 is 14.8 Å². The summed E-state index contributed by atoms with van der Waals surface area (Å²) >= 11 is 0. The van der Waals surface area contributed by atoms with Crippen molar-refractivity contribution < 1.29 is 9.47 Å². The Morgan fingerprint density at radius 2 is 1.57 bits per heavy atom. The zero-order chi connectivity index (χ0) is 15.1. The Morgan fingerprint density at radius 1 is 0.952 bits per heavy atom. The third-order valence-electron chi connectivity index (χ3n) is 3.42. The normalized spacial score (nSPS) is 11.8. The zero-order valence-electron chi connectivity index (χ0n) is 12.9. The van der Waals surface area contributed by atoms with Gasteiger partial charge in [-0.1, -0.05) is 19.1 Å². The van der Waals surface area contributed by atoms with Gasteiger partial charge >= 0.3 is 0 Å². The number of methoxy groups -OCH3 is 1. The van der Waals surface area contributed by atoms with E-state index in [1.807, 2.05) is 36.4 Å². The van der Waals surface area contributed by atoms with E-state index in [1.54, 1.807) is 7.11 Å². The summed E-state index contributed by atoms with van der Waals surface area (Å²) in [6.45, 7) is 4.99. The molecule has 0 saturated carbocycles. The van der Waals surface area contributed by atoms with Crippen molar-refractivity contribution in [1.82, 2.24) is 0 Å². The molecule has 3 heteroatoms. The highest BCUT2D eigenvalue weighted by Crippen LogP contribution is 2.18.